The average molecular weight is 243 g/mol. The third kappa shape index (κ3) is 8.72. The Morgan fingerprint density at radius 1 is 1.12 bits per heavy atom. The second-order valence-corrected chi connectivity index (χ2v) is 4.38. The van der Waals surface area contributed by atoms with Crippen molar-refractivity contribution in [2.75, 3.05) is 0 Å². The van der Waals surface area contributed by atoms with E-state index in [1.165, 1.54) is 38.2 Å². The molecule has 0 amide bonds. The Kier molecular flexibility index (Phi) is 10.6. The number of rotatable bonds is 9. The molecule has 0 aromatic carbocycles. The van der Waals surface area contributed by atoms with Gasteiger partial charge in [-0.1, -0.05) is 62.8 Å². The van der Waals surface area contributed by atoms with Gasteiger partial charge < -0.3 is 0 Å². The predicted octanol–water partition coefficient (Wildman–Crippen LogP) is 5.00. The fourth-order valence-corrected chi connectivity index (χ4v) is 1.66. The molecule has 16 heavy (non-hydrogen) atoms. The van der Waals surface area contributed by atoms with Crippen LogP contribution in [0.5, 0.6) is 0 Å². The summed E-state index contributed by atoms with van der Waals surface area (Å²) >= 11 is 5.83. The van der Waals surface area contributed by atoms with E-state index in [-0.39, 0.29) is 5.78 Å². The quantitative estimate of drug-likeness (QED) is 0.411. The van der Waals surface area contributed by atoms with Crippen molar-refractivity contribution in [1.82, 2.24) is 0 Å². The van der Waals surface area contributed by atoms with Gasteiger partial charge in [-0.25, -0.2) is 0 Å². The van der Waals surface area contributed by atoms with Crippen LogP contribution < -0.4 is 0 Å². The van der Waals surface area contributed by atoms with Gasteiger partial charge >= 0.3 is 0 Å². The monoisotopic (exact) mass is 242 g/mol. The number of unbranched alkanes of at least 4 members (excludes halogenated alkanes) is 6. The Hall–Kier alpha value is -0.560. The van der Waals surface area contributed by atoms with E-state index in [1.54, 1.807) is 6.08 Å². The van der Waals surface area contributed by atoms with Gasteiger partial charge in [0.15, 0.2) is 5.78 Å². The zero-order chi connectivity index (χ0) is 12.2. The first-order valence-electron chi connectivity index (χ1n) is 6.25. The van der Waals surface area contributed by atoms with Crippen LogP contribution in [0, 0.1) is 0 Å². The lowest BCUT2D eigenvalue weighted by Gasteiger charge is -1.98. The van der Waals surface area contributed by atoms with E-state index in [9.17, 15) is 4.79 Å². The fourth-order valence-electron chi connectivity index (χ4n) is 1.49. The topological polar surface area (TPSA) is 17.1 Å². The summed E-state index contributed by atoms with van der Waals surface area (Å²) in [7, 11) is 0. The van der Waals surface area contributed by atoms with Crippen LogP contribution in [0.15, 0.2) is 23.3 Å². The summed E-state index contributed by atoms with van der Waals surface area (Å²) in [4.78, 5) is 11.3. The Morgan fingerprint density at radius 2 is 1.75 bits per heavy atom. The Balaban J connectivity index is 3.55. The van der Waals surface area contributed by atoms with E-state index < -0.39 is 0 Å². The highest BCUT2D eigenvalue weighted by Crippen LogP contribution is 2.11. The van der Waals surface area contributed by atoms with Gasteiger partial charge in [-0.3, -0.25) is 4.79 Å². The molecule has 0 aliphatic carbocycles. The van der Waals surface area contributed by atoms with Crippen molar-refractivity contribution < 1.29 is 4.79 Å². The van der Waals surface area contributed by atoms with E-state index in [2.05, 4.69) is 6.92 Å². The molecule has 0 fully saturated rings. The minimum atomic E-state index is -0.0878. The predicted molar refractivity (Wildman–Crippen MR) is 71.8 cm³/mol. The molecule has 0 saturated heterocycles. The Bertz CT molecular complexity index is 241. The molecule has 92 valence electrons. The van der Waals surface area contributed by atoms with Crippen LogP contribution in [-0.2, 0) is 4.79 Å². The lowest BCUT2D eigenvalue weighted by Crippen LogP contribution is -1.91. The molecule has 0 N–H and O–H groups in total. The maximum absolute atomic E-state index is 11.3. The number of ketones is 1. The van der Waals surface area contributed by atoms with Crippen LogP contribution in [0.3, 0.4) is 0 Å². The highest BCUT2D eigenvalue weighted by Gasteiger charge is 2.00. The van der Waals surface area contributed by atoms with Gasteiger partial charge in [-0.15, -0.1) is 0 Å². The highest BCUT2D eigenvalue weighted by molar-refractivity contribution is 6.44. The molecule has 1 nitrogen and oxygen atoms in total. The van der Waals surface area contributed by atoms with Crippen LogP contribution >= 0.6 is 11.6 Å². The van der Waals surface area contributed by atoms with Crippen molar-refractivity contribution in [2.24, 2.45) is 0 Å². The second kappa shape index (κ2) is 10.9. The molecule has 0 aliphatic heterocycles. The third-order valence-electron chi connectivity index (χ3n) is 2.43. The Morgan fingerprint density at radius 3 is 2.38 bits per heavy atom. The molecule has 2 heteroatoms. The maximum atomic E-state index is 11.3. The lowest BCUT2D eigenvalue weighted by atomic mass is 10.1. The molecular weight excluding hydrogens is 220 g/mol. The van der Waals surface area contributed by atoms with Crippen molar-refractivity contribution in [1.29, 1.82) is 0 Å². The highest BCUT2D eigenvalue weighted by atomic mass is 35.5. The fraction of sp³-hybridized carbons (Fsp3) is 0.643. The number of hydrogen-bond donors (Lipinski definition) is 0. The summed E-state index contributed by atoms with van der Waals surface area (Å²) in [5.74, 6) is -0.0878. The summed E-state index contributed by atoms with van der Waals surface area (Å²) in [6.45, 7) is 4.03. The van der Waals surface area contributed by atoms with E-state index >= 15 is 0 Å². The van der Waals surface area contributed by atoms with Crippen molar-refractivity contribution in [3.05, 3.63) is 23.3 Å². The zero-order valence-electron chi connectivity index (χ0n) is 10.5. The first kappa shape index (κ1) is 15.4. The van der Waals surface area contributed by atoms with E-state index in [0.717, 1.165) is 12.8 Å². The number of hydrogen-bond acceptors (Lipinski definition) is 1. The van der Waals surface area contributed by atoms with Gasteiger partial charge in [0.25, 0.3) is 0 Å². The second-order valence-electron chi connectivity index (χ2n) is 3.97. The molecule has 0 bridgehead atoms. The maximum Gasteiger partial charge on any atom is 0.196 e. The van der Waals surface area contributed by atoms with Gasteiger partial charge in [0.1, 0.15) is 0 Å². The van der Waals surface area contributed by atoms with E-state index in [0.29, 0.717) is 5.03 Å². The summed E-state index contributed by atoms with van der Waals surface area (Å²) in [5, 5.41) is 0.353. The van der Waals surface area contributed by atoms with Crippen molar-refractivity contribution in [3.8, 4) is 0 Å². The summed E-state index contributed by atoms with van der Waals surface area (Å²) in [6, 6.07) is 0. The largest absolute Gasteiger partial charge is 0.288 e. The van der Waals surface area contributed by atoms with Crippen LogP contribution in [0.4, 0.5) is 0 Å². The van der Waals surface area contributed by atoms with Gasteiger partial charge in [0, 0.05) is 0 Å². The summed E-state index contributed by atoms with van der Waals surface area (Å²) < 4.78 is 0. The standard InChI is InChI=1S/C14H23ClO/c1-3-5-6-7-8-9-10-12-13(15)14(16)11-4-2/h4,11-12H,3,5-10H2,1-2H3/b11-4+,13-12-. The average Bonchev–Trinajstić information content (AvgIpc) is 2.28. The van der Waals surface area contributed by atoms with Crippen LogP contribution in [0.25, 0.3) is 0 Å². The normalized spacial score (nSPS) is 12.3. The van der Waals surface area contributed by atoms with Crippen molar-refractivity contribution in [2.45, 2.75) is 58.8 Å². The molecule has 0 heterocycles. The number of halogens is 1. The van der Waals surface area contributed by atoms with Gasteiger partial charge in [-0.2, -0.15) is 0 Å². The first-order valence-corrected chi connectivity index (χ1v) is 6.62. The number of carbonyl (C=O) groups is 1. The van der Waals surface area contributed by atoms with Gasteiger partial charge in [0.05, 0.1) is 5.03 Å². The summed E-state index contributed by atoms with van der Waals surface area (Å²) in [5.41, 5.74) is 0. The molecule has 0 aromatic rings. The molecule has 0 rings (SSSR count). The lowest BCUT2D eigenvalue weighted by molar-refractivity contribution is -0.110. The van der Waals surface area contributed by atoms with Crippen LogP contribution in [0.2, 0.25) is 0 Å². The molecule has 0 aliphatic rings. The van der Waals surface area contributed by atoms with Crippen molar-refractivity contribution in [3.63, 3.8) is 0 Å². The Labute approximate surface area is 105 Å². The first-order chi connectivity index (χ1) is 7.72. The molecule has 0 saturated carbocycles. The molecule has 0 aromatic heterocycles. The van der Waals surface area contributed by atoms with Gasteiger partial charge in [0.2, 0.25) is 0 Å². The zero-order valence-corrected chi connectivity index (χ0v) is 11.2. The molecule has 0 radical (unpaired) electrons. The number of allylic oxidation sites excluding steroid dienone is 4. The molecule has 0 unspecified atom stereocenters. The molecule has 0 atom stereocenters. The van der Waals surface area contributed by atoms with Crippen molar-refractivity contribution >= 4 is 17.4 Å². The number of carbonyl (C=O) groups excluding carboxylic acids is 1. The molecular formula is C14H23ClO. The summed E-state index contributed by atoms with van der Waals surface area (Å²) in [6.07, 6.45) is 13.6. The van der Waals surface area contributed by atoms with Crippen LogP contribution in [0.1, 0.15) is 58.8 Å². The van der Waals surface area contributed by atoms with Crippen LogP contribution in [-0.4, -0.2) is 5.78 Å². The van der Waals surface area contributed by atoms with Gasteiger partial charge in [-0.05, 0) is 25.8 Å². The molecule has 0 spiro atoms. The SMILES string of the molecule is C/C=C/C(=O)/C(Cl)=C/CCCCCCCC. The minimum absolute atomic E-state index is 0.0878. The van der Waals surface area contributed by atoms with E-state index in [4.69, 9.17) is 11.6 Å². The van der Waals surface area contributed by atoms with E-state index in [1.807, 2.05) is 13.0 Å². The smallest absolute Gasteiger partial charge is 0.196 e. The minimum Gasteiger partial charge on any atom is -0.288 e. The third-order valence-corrected chi connectivity index (χ3v) is 2.78.